The third kappa shape index (κ3) is 4.17. The number of ether oxygens (including phenoxy) is 1. The van der Waals surface area contributed by atoms with Crippen molar-refractivity contribution in [2.45, 2.75) is 19.8 Å². The molecule has 0 aliphatic carbocycles. The largest absolute Gasteiger partial charge is 0.462 e. The van der Waals surface area contributed by atoms with E-state index in [0.29, 0.717) is 23.9 Å². The van der Waals surface area contributed by atoms with Crippen molar-refractivity contribution >= 4 is 11.8 Å². The molecule has 1 aromatic rings. The minimum atomic E-state index is -0.298. The Bertz CT molecular complexity index is 478. The number of carbonyl (C=O) groups is 1. The van der Waals surface area contributed by atoms with Gasteiger partial charge in [-0.1, -0.05) is 0 Å². The maximum Gasteiger partial charge on any atom is 0.341 e. The summed E-state index contributed by atoms with van der Waals surface area (Å²) in [6, 6.07) is 3.56. The highest BCUT2D eigenvalue weighted by Gasteiger charge is 2.22. The van der Waals surface area contributed by atoms with Crippen LogP contribution in [0.4, 0.5) is 5.82 Å². The van der Waals surface area contributed by atoms with Gasteiger partial charge in [-0.25, -0.2) is 9.78 Å². The smallest absolute Gasteiger partial charge is 0.341 e. The number of piperidine rings is 1. The zero-order valence-electron chi connectivity index (χ0n) is 13.2. The lowest BCUT2D eigenvalue weighted by atomic mass is 9.98. The van der Waals surface area contributed by atoms with Crippen LogP contribution in [0, 0.1) is 5.92 Å². The lowest BCUT2D eigenvalue weighted by molar-refractivity contribution is 0.0526. The molecule has 2 rings (SSSR count). The number of likely N-dealkylation sites (tertiary alicyclic amines) is 1. The van der Waals surface area contributed by atoms with Crippen molar-refractivity contribution in [3.8, 4) is 0 Å². The topological polar surface area (TPSA) is 45.7 Å². The number of anilines is 1. The number of esters is 1. The minimum absolute atomic E-state index is 0.298. The van der Waals surface area contributed by atoms with Crippen LogP contribution in [0.3, 0.4) is 0 Å². The van der Waals surface area contributed by atoms with E-state index in [1.807, 2.05) is 14.0 Å². The Morgan fingerprint density at radius 2 is 2.38 bits per heavy atom. The van der Waals surface area contributed by atoms with Gasteiger partial charge in [-0.3, -0.25) is 0 Å². The zero-order chi connectivity index (χ0) is 15.2. The summed E-state index contributed by atoms with van der Waals surface area (Å²) in [4.78, 5) is 20.8. The fraction of sp³-hybridized carbons (Fsp3) is 0.625. The molecule has 0 N–H and O–H groups in total. The molecule has 0 bridgehead atoms. The maximum atomic E-state index is 12.0. The van der Waals surface area contributed by atoms with Crippen molar-refractivity contribution in [3.05, 3.63) is 23.9 Å². The van der Waals surface area contributed by atoms with Gasteiger partial charge >= 0.3 is 5.97 Å². The first-order valence-corrected chi connectivity index (χ1v) is 7.63. The summed E-state index contributed by atoms with van der Waals surface area (Å²) < 4.78 is 5.11. The van der Waals surface area contributed by atoms with Gasteiger partial charge in [-0.05, 0) is 51.4 Å². The number of carbonyl (C=O) groups excluding carboxylic acids is 1. The summed E-state index contributed by atoms with van der Waals surface area (Å²) in [6.45, 7) is 5.39. The summed E-state index contributed by atoms with van der Waals surface area (Å²) in [6.07, 6.45) is 4.19. The number of rotatable bonds is 5. The lowest BCUT2D eigenvalue weighted by Gasteiger charge is -2.33. The molecule has 1 unspecified atom stereocenters. The molecule has 1 saturated heterocycles. The van der Waals surface area contributed by atoms with E-state index in [9.17, 15) is 4.79 Å². The number of pyridine rings is 1. The van der Waals surface area contributed by atoms with E-state index in [4.69, 9.17) is 4.74 Å². The molecule has 0 saturated carbocycles. The maximum absolute atomic E-state index is 12.0. The first-order chi connectivity index (χ1) is 10.1. The molecule has 0 aromatic carbocycles. The van der Waals surface area contributed by atoms with Gasteiger partial charge in [0.15, 0.2) is 0 Å². The fourth-order valence-electron chi connectivity index (χ4n) is 2.97. The highest BCUT2D eigenvalue weighted by atomic mass is 16.5. The van der Waals surface area contributed by atoms with Crippen LogP contribution in [-0.4, -0.2) is 56.2 Å². The fourth-order valence-corrected chi connectivity index (χ4v) is 2.97. The standard InChI is InChI=1S/C16H25N3O2/c1-4-21-16(20)14-8-5-9-17-15(14)19(3)12-13-7-6-10-18(2)11-13/h5,8-9,13H,4,6-7,10-12H2,1-3H3. The molecule has 1 fully saturated rings. The van der Waals surface area contributed by atoms with Crippen LogP contribution < -0.4 is 4.90 Å². The minimum Gasteiger partial charge on any atom is -0.462 e. The molecule has 116 valence electrons. The second-order valence-electron chi connectivity index (χ2n) is 5.75. The van der Waals surface area contributed by atoms with E-state index in [1.54, 1.807) is 18.3 Å². The molecule has 0 amide bonds. The number of hydrogen-bond acceptors (Lipinski definition) is 5. The van der Waals surface area contributed by atoms with E-state index >= 15 is 0 Å². The van der Waals surface area contributed by atoms with Crippen LogP contribution in [0.2, 0.25) is 0 Å². The summed E-state index contributed by atoms with van der Waals surface area (Å²) in [5.41, 5.74) is 0.547. The van der Waals surface area contributed by atoms with Crippen molar-refractivity contribution in [3.63, 3.8) is 0 Å². The second-order valence-corrected chi connectivity index (χ2v) is 5.75. The Morgan fingerprint density at radius 1 is 1.57 bits per heavy atom. The van der Waals surface area contributed by atoms with Crippen molar-refractivity contribution in [2.24, 2.45) is 5.92 Å². The summed E-state index contributed by atoms with van der Waals surface area (Å²) in [7, 11) is 4.16. The van der Waals surface area contributed by atoms with Gasteiger partial charge < -0.3 is 14.5 Å². The Hall–Kier alpha value is -1.62. The van der Waals surface area contributed by atoms with Gasteiger partial charge in [0.25, 0.3) is 0 Å². The average Bonchev–Trinajstić information content (AvgIpc) is 2.47. The van der Waals surface area contributed by atoms with Gasteiger partial charge in [-0.2, -0.15) is 0 Å². The van der Waals surface area contributed by atoms with E-state index in [1.165, 1.54) is 19.4 Å². The zero-order valence-corrected chi connectivity index (χ0v) is 13.2. The Balaban J connectivity index is 2.08. The Labute approximate surface area is 126 Å². The SMILES string of the molecule is CCOC(=O)c1cccnc1N(C)CC1CCCN(C)C1. The molecular weight excluding hydrogens is 266 g/mol. The molecule has 21 heavy (non-hydrogen) atoms. The van der Waals surface area contributed by atoms with Crippen molar-refractivity contribution < 1.29 is 9.53 Å². The van der Waals surface area contributed by atoms with E-state index in [0.717, 1.165) is 13.1 Å². The third-order valence-electron chi connectivity index (χ3n) is 3.90. The Kier molecular flexibility index (Phi) is 5.56. The Morgan fingerprint density at radius 3 is 3.10 bits per heavy atom. The molecule has 5 nitrogen and oxygen atoms in total. The molecule has 2 heterocycles. The highest BCUT2D eigenvalue weighted by Crippen LogP contribution is 2.21. The first-order valence-electron chi connectivity index (χ1n) is 7.63. The van der Waals surface area contributed by atoms with Crippen LogP contribution in [-0.2, 0) is 4.74 Å². The van der Waals surface area contributed by atoms with Crippen molar-refractivity contribution in [1.82, 2.24) is 9.88 Å². The van der Waals surface area contributed by atoms with Gasteiger partial charge in [0.1, 0.15) is 11.4 Å². The van der Waals surface area contributed by atoms with E-state index in [-0.39, 0.29) is 5.97 Å². The van der Waals surface area contributed by atoms with Gasteiger partial charge in [0.05, 0.1) is 6.61 Å². The predicted molar refractivity (Wildman–Crippen MR) is 83.7 cm³/mol. The molecule has 0 radical (unpaired) electrons. The first kappa shape index (κ1) is 15.8. The highest BCUT2D eigenvalue weighted by molar-refractivity contribution is 5.94. The predicted octanol–water partition coefficient (Wildman–Crippen LogP) is 2.04. The van der Waals surface area contributed by atoms with Gasteiger partial charge in [0.2, 0.25) is 0 Å². The summed E-state index contributed by atoms with van der Waals surface area (Å²) >= 11 is 0. The normalized spacial score (nSPS) is 19.3. The second kappa shape index (κ2) is 7.41. The third-order valence-corrected chi connectivity index (χ3v) is 3.90. The molecule has 1 aliphatic rings. The summed E-state index contributed by atoms with van der Waals surface area (Å²) in [5.74, 6) is 1.03. The monoisotopic (exact) mass is 291 g/mol. The van der Waals surface area contributed by atoms with Crippen LogP contribution >= 0.6 is 0 Å². The average molecular weight is 291 g/mol. The number of hydrogen-bond donors (Lipinski definition) is 0. The molecule has 5 heteroatoms. The van der Waals surface area contributed by atoms with Gasteiger partial charge in [-0.15, -0.1) is 0 Å². The molecule has 1 atom stereocenters. The number of nitrogens with zero attached hydrogens (tertiary/aromatic N) is 3. The molecule has 1 aliphatic heterocycles. The van der Waals surface area contributed by atoms with E-state index in [2.05, 4.69) is 21.8 Å². The van der Waals surface area contributed by atoms with Crippen LogP contribution in [0.25, 0.3) is 0 Å². The van der Waals surface area contributed by atoms with E-state index < -0.39 is 0 Å². The quantitative estimate of drug-likeness (QED) is 0.777. The van der Waals surface area contributed by atoms with Crippen molar-refractivity contribution in [2.75, 3.05) is 45.2 Å². The molecule has 1 aromatic heterocycles. The van der Waals surface area contributed by atoms with Crippen molar-refractivity contribution in [1.29, 1.82) is 0 Å². The van der Waals surface area contributed by atoms with Gasteiger partial charge in [0, 0.05) is 26.3 Å². The molecule has 0 spiro atoms. The number of aromatic nitrogens is 1. The lowest BCUT2D eigenvalue weighted by Crippen LogP contribution is -2.38. The summed E-state index contributed by atoms with van der Waals surface area (Å²) in [5, 5.41) is 0. The van der Waals surface area contributed by atoms with Crippen LogP contribution in [0.15, 0.2) is 18.3 Å². The molecular formula is C16H25N3O2. The van der Waals surface area contributed by atoms with Crippen LogP contribution in [0.1, 0.15) is 30.1 Å². The van der Waals surface area contributed by atoms with Crippen LogP contribution in [0.5, 0.6) is 0 Å².